The summed E-state index contributed by atoms with van der Waals surface area (Å²) in [5.41, 5.74) is 1.42. The summed E-state index contributed by atoms with van der Waals surface area (Å²) in [6.07, 6.45) is 1.28. The van der Waals surface area contributed by atoms with E-state index in [1.807, 2.05) is 6.07 Å². The monoisotopic (exact) mass is 373 g/mol. The van der Waals surface area contributed by atoms with E-state index in [1.54, 1.807) is 36.4 Å². The van der Waals surface area contributed by atoms with Gasteiger partial charge in [0.15, 0.2) is 5.78 Å². The van der Waals surface area contributed by atoms with Gasteiger partial charge in [-0.25, -0.2) is 0 Å². The molecule has 126 valence electrons. The van der Waals surface area contributed by atoms with Gasteiger partial charge in [-0.2, -0.15) is 5.26 Å². The molecule has 0 atom stereocenters. The van der Waals surface area contributed by atoms with Crippen molar-refractivity contribution < 1.29 is 9.59 Å². The average Bonchev–Trinajstić information content (AvgIpc) is 2.58. The number of nitrogens with one attached hydrogen (secondary N) is 2. The third-order valence-electron chi connectivity index (χ3n) is 3.22. The largest absolute Gasteiger partial charge is 0.360 e. The molecule has 0 aliphatic carbocycles. The Kier molecular flexibility index (Phi) is 6.18. The third kappa shape index (κ3) is 5.08. The molecule has 2 N–H and O–H groups in total. The highest BCUT2D eigenvalue weighted by Gasteiger charge is 2.11. The topological polar surface area (TPSA) is 82.0 Å². The summed E-state index contributed by atoms with van der Waals surface area (Å²) in [7, 11) is 0. The summed E-state index contributed by atoms with van der Waals surface area (Å²) in [5, 5.41) is 15.3. The number of nitriles is 1. The lowest BCUT2D eigenvalue weighted by molar-refractivity contribution is -0.112. The fourth-order valence-corrected chi connectivity index (χ4v) is 2.34. The number of carbonyl (C=O) groups is 2. The lowest BCUT2D eigenvalue weighted by Gasteiger charge is -2.07. The van der Waals surface area contributed by atoms with Crippen LogP contribution >= 0.6 is 23.2 Å². The van der Waals surface area contributed by atoms with Gasteiger partial charge in [0.2, 0.25) is 0 Å². The lowest BCUT2D eigenvalue weighted by Crippen LogP contribution is -2.14. The number of rotatable bonds is 5. The zero-order valence-electron chi connectivity index (χ0n) is 13.1. The Hall–Kier alpha value is -2.81. The maximum Gasteiger partial charge on any atom is 0.267 e. The Balaban J connectivity index is 2.09. The van der Waals surface area contributed by atoms with Gasteiger partial charge in [-0.1, -0.05) is 23.2 Å². The molecule has 5 nitrogen and oxygen atoms in total. The maximum atomic E-state index is 12.2. The van der Waals surface area contributed by atoms with Crippen LogP contribution in [0.5, 0.6) is 0 Å². The van der Waals surface area contributed by atoms with Crippen molar-refractivity contribution in [3.8, 4) is 6.07 Å². The van der Waals surface area contributed by atoms with Crippen molar-refractivity contribution in [1.29, 1.82) is 5.26 Å². The van der Waals surface area contributed by atoms with Crippen LogP contribution in [0.2, 0.25) is 10.0 Å². The van der Waals surface area contributed by atoms with Gasteiger partial charge in [-0.05, 0) is 49.4 Å². The zero-order chi connectivity index (χ0) is 18.4. The molecule has 0 saturated heterocycles. The molecule has 0 radical (unpaired) electrons. The van der Waals surface area contributed by atoms with E-state index in [0.717, 1.165) is 0 Å². The van der Waals surface area contributed by atoms with Crippen LogP contribution in [0.25, 0.3) is 0 Å². The molecule has 0 bridgehead atoms. The van der Waals surface area contributed by atoms with E-state index in [1.165, 1.54) is 19.2 Å². The summed E-state index contributed by atoms with van der Waals surface area (Å²) < 4.78 is 0. The Morgan fingerprint density at radius 3 is 2.36 bits per heavy atom. The molecular formula is C18H13Cl2N3O2. The Labute approximate surface area is 154 Å². The smallest absolute Gasteiger partial charge is 0.267 e. The van der Waals surface area contributed by atoms with Gasteiger partial charge < -0.3 is 10.6 Å². The SMILES string of the molecule is CC(=O)c1ccc(N/C=C(/C#N)C(=O)Nc2ccc(Cl)cc2Cl)cc1. The van der Waals surface area contributed by atoms with Crippen molar-refractivity contribution >= 4 is 46.3 Å². The number of hydrogen-bond acceptors (Lipinski definition) is 4. The first-order chi connectivity index (χ1) is 11.9. The highest BCUT2D eigenvalue weighted by atomic mass is 35.5. The van der Waals surface area contributed by atoms with E-state index in [4.69, 9.17) is 28.5 Å². The van der Waals surface area contributed by atoms with Crippen LogP contribution in [0.4, 0.5) is 11.4 Å². The second kappa shape index (κ2) is 8.34. The standard InChI is InChI=1S/C18H13Cl2N3O2/c1-11(24)12-2-5-15(6-3-12)22-10-13(9-21)18(25)23-17-7-4-14(19)8-16(17)20/h2-8,10,22H,1H3,(H,23,25)/b13-10-. The van der Waals surface area contributed by atoms with Crippen LogP contribution in [0.3, 0.4) is 0 Å². The molecule has 1 amide bonds. The molecule has 25 heavy (non-hydrogen) atoms. The minimum atomic E-state index is -0.612. The number of halogens is 2. The first-order valence-corrected chi connectivity index (χ1v) is 7.90. The van der Waals surface area contributed by atoms with Crippen molar-refractivity contribution in [3.05, 3.63) is 69.8 Å². The minimum absolute atomic E-state index is 0.0426. The Morgan fingerprint density at radius 1 is 1.12 bits per heavy atom. The van der Waals surface area contributed by atoms with Gasteiger partial charge in [0.1, 0.15) is 11.6 Å². The van der Waals surface area contributed by atoms with E-state index in [9.17, 15) is 9.59 Å². The van der Waals surface area contributed by atoms with Gasteiger partial charge >= 0.3 is 0 Å². The molecule has 0 fully saturated rings. The van der Waals surface area contributed by atoms with E-state index in [2.05, 4.69) is 10.6 Å². The highest BCUT2D eigenvalue weighted by Crippen LogP contribution is 2.25. The molecule has 0 saturated carbocycles. The second-order valence-electron chi connectivity index (χ2n) is 5.03. The number of nitrogens with zero attached hydrogens (tertiary/aromatic N) is 1. The number of carbonyl (C=O) groups excluding carboxylic acids is 2. The van der Waals surface area contributed by atoms with Gasteiger partial charge in [0.05, 0.1) is 10.7 Å². The first-order valence-electron chi connectivity index (χ1n) is 7.15. The number of anilines is 2. The predicted molar refractivity (Wildman–Crippen MR) is 98.9 cm³/mol. The van der Waals surface area contributed by atoms with Crippen molar-refractivity contribution in [3.63, 3.8) is 0 Å². The molecule has 7 heteroatoms. The van der Waals surface area contributed by atoms with E-state index in [-0.39, 0.29) is 16.4 Å². The summed E-state index contributed by atoms with van der Waals surface area (Å²) >= 11 is 11.8. The molecule has 2 aromatic rings. The van der Waals surface area contributed by atoms with Crippen molar-refractivity contribution in [1.82, 2.24) is 0 Å². The summed E-state index contributed by atoms with van der Waals surface area (Å²) in [4.78, 5) is 23.4. The molecule has 0 spiro atoms. The number of amides is 1. The van der Waals surface area contributed by atoms with Crippen LogP contribution in [0, 0.1) is 11.3 Å². The van der Waals surface area contributed by atoms with Crippen LogP contribution in [0.1, 0.15) is 17.3 Å². The molecule has 2 aromatic carbocycles. The van der Waals surface area contributed by atoms with Gasteiger partial charge in [-0.3, -0.25) is 9.59 Å². The molecule has 0 aliphatic rings. The lowest BCUT2D eigenvalue weighted by atomic mass is 10.1. The average molecular weight is 374 g/mol. The van der Waals surface area contributed by atoms with Gasteiger partial charge in [0, 0.05) is 22.5 Å². The molecule has 2 rings (SSSR count). The van der Waals surface area contributed by atoms with E-state index >= 15 is 0 Å². The fourth-order valence-electron chi connectivity index (χ4n) is 1.89. The predicted octanol–water partition coefficient (Wildman–Crippen LogP) is 4.65. The second-order valence-corrected chi connectivity index (χ2v) is 5.87. The van der Waals surface area contributed by atoms with Crippen molar-refractivity contribution in [2.45, 2.75) is 6.92 Å². The van der Waals surface area contributed by atoms with E-state index in [0.29, 0.717) is 22.0 Å². The fraction of sp³-hybridized carbons (Fsp3) is 0.0556. The number of Topliss-reactive ketones (excluding diaryl/α,β-unsaturated/α-hetero) is 1. The first kappa shape index (κ1) is 18.5. The summed E-state index contributed by atoms with van der Waals surface area (Å²) in [6.45, 7) is 1.47. The Bertz CT molecular complexity index is 884. The molecule has 0 heterocycles. The van der Waals surface area contributed by atoms with Crippen LogP contribution in [-0.4, -0.2) is 11.7 Å². The van der Waals surface area contributed by atoms with Crippen molar-refractivity contribution in [2.24, 2.45) is 0 Å². The minimum Gasteiger partial charge on any atom is -0.360 e. The van der Waals surface area contributed by atoms with Crippen LogP contribution < -0.4 is 10.6 Å². The van der Waals surface area contributed by atoms with E-state index < -0.39 is 5.91 Å². The quantitative estimate of drug-likeness (QED) is 0.453. The number of hydrogen-bond donors (Lipinski definition) is 2. The zero-order valence-corrected chi connectivity index (χ0v) is 14.7. The Morgan fingerprint density at radius 2 is 1.80 bits per heavy atom. The summed E-state index contributed by atoms with van der Waals surface area (Å²) in [6, 6.07) is 13.1. The van der Waals surface area contributed by atoms with Gasteiger partial charge in [0.25, 0.3) is 5.91 Å². The normalized spacial score (nSPS) is 10.7. The van der Waals surface area contributed by atoms with Crippen LogP contribution in [-0.2, 0) is 4.79 Å². The van der Waals surface area contributed by atoms with Crippen molar-refractivity contribution in [2.75, 3.05) is 10.6 Å². The maximum absolute atomic E-state index is 12.2. The summed E-state index contributed by atoms with van der Waals surface area (Å²) in [5.74, 6) is -0.654. The van der Waals surface area contributed by atoms with Crippen LogP contribution in [0.15, 0.2) is 54.2 Å². The number of ketones is 1. The number of benzene rings is 2. The highest BCUT2D eigenvalue weighted by molar-refractivity contribution is 6.36. The molecule has 0 aromatic heterocycles. The third-order valence-corrected chi connectivity index (χ3v) is 3.77. The molecule has 0 unspecified atom stereocenters. The molecule has 0 aliphatic heterocycles. The molecular weight excluding hydrogens is 361 g/mol. The van der Waals surface area contributed by atoms with Gasteiger partial charge in [-0.15, -0.1) is 0 Å².